The van der Waals surface area contributed by atoms with Crippen LogP contribution in [0.2, 0.25) is 5.02 Å². The first kappa shape index (κ1) is 7.88. The first-order valence-electron chi connectivity index (χ1n) is 4.22. The Balaban J connectivity index is 2.22. The maximum Gasteiger partial charge on any atom is 0.0406 e. The molecule has 0 amide bonds. The maximum absolute atomic E-state index is 5.78. The first-order chi connectivity index (χ1) is 5.77. The van der Waals surface area contributed by atoms with Crippen LogP contribution >= 0.6 is 11.6 Å². The van der Waals surface area contributed by atoms with Crippen LogP contribution < -0.4 is 0 Å². The minimum Gasteiger partial charge on any atom is -0.0950 e. The molecule has 0 aromatic heterocycles. The summed E-state index contributed by atoms with van der Waals surface area (Å²) in [6.45, 7) is 4.07. The Hall–Kier alpha value is -0.750. The maximum atomic E-state index is 5.78. The summed E-state index contributed by atoms with van der Waals surface area (Å²) < 4.78 is 0. The number of halogens is 1. The van der Waals surface area contributed by atoms with Crippen LogP contribution in [-0.2, 0) is 0 Å². The third kappa shape index (κ3) is 1.54. The molecule has 0 aliphatic heterocycles. The molecule has 0 radical (unpaired) electrons. The predicted octanol–water partition coefficient (Wildman–Crippen LogP) is 3.76. The third-order valence-corrected chi connectivity index (χ3v) is 2.54. The van der Waals surface area contributed by atoms with Crippen molar-refractivity contribution in [3.05, 3.63) is 41.4 Å². The fourth-order valence-corrected chi connectivity index (χ4v) is 1.46. The average Bonchev–Trinajstić information content (AvgIpc) is 2.87. The Bertz CT molecular complexity index is 293. The van der Waals surface area contributed by atoms with Crippen molar-refractivity contribution >= 4 is 17.2 Å². The molecule has 12 heavy (non-hydrogen) atoms. The summed E-state index contributed by atoms with van der Waals surface area (Å²) in [6.07, 6.45) is 2.61. The number of hydrogen-bond acceptors (Lipinski definition) is 0. The summed E-state index contributed by atoms with van der Waals surface area (Å²) >= 11 is 5.78. The van der Waals surface area contributed by atoms with Gasteiger partial charge in [0.05, 0.1) is 0 Å². The van der Waals surface area contributed by atoms with Crippen LogP contribution in [0.3, 0.4) is 0 Å². The average molecular weight is 179 g/mol. The van der Waals surface area contributed by atoms with E-state index in [0.717, 1.165) is 10.9 Å². The van der Waals surface area contributed by atoms with Crippen LogP contribution in [0.5, 0.6) is 0 Å². The van der Waals surface area contributed by atoms with Crippen LogP contribution in [-0.4, -0.2) is 0 Å². The van der Waals surface area contributed by atoms with Crippen molar-refractivity contribution in [1.29, 1.82) is 0 Å². The van der Waals surface area contributed by atoms with E-state index in [0.29, 0.717) is 0 Å². The van der Waals surface area contributed by atoms with Gasteiger partial charge in [0, 0.05) is 5.02 Å². The fraction of sp³-hybridized carbons (Fsp3) is 0.273. The molecule has 0 heterocycles. The van der Waals surface area contributed by atoms with E-state index >= 15 is 0 Å². The van der Waals surface area contributed by atoms with Gasteiger partial charge in [0.15, 0.2) is 0 Å². The minimum absolute atomic E-state index is 0.742. The monoisotopic (exact) mass is 178 g/mol. The molecule has 1 aromatic carbocycles. The molecular formula is C11H11Cl. The zero-order valence-electron chi connectivity index (χ0n) is 6.89. The summed E-state index contributed by atoms with van der Waals surface area (Å²) in [6, 6.07) is 7.93. The summed E-state index contributed by atoms with van der Waals surface area (Å²) in [5, 5.41) is 0.794. The Morgan fingerprint density at radius 1 is 1.25 bits per heavy atom. The van der Waals surface area contributed by atoms with Gasteiger partial charge in [-0.25, -0.2) is 0 Å². The van der Waals surface area contributed by atoms with Gasteiger partial charge in [-0.15, -0.1) is 0 Å². The lowest BCUT2D eigenvalue weighted by Crippen LogP contribution is -1.83. The van der Waals surface area contributed by atoms with E-state index in [1.54, 1.807) is 0 Å². The molecule has 1 heteroatoms. The molecule has 0 nitrogen and oxygen atoms in total. The molecule has 1 aliphatic carbocycles. The lowest BCUT2D eigenvalue weighted by Gasteiger charge is -2.02. The summed E-state index contributed by atoms with van der Waals surface area (Å²) in [5.41, 5.74) is 2.51. The minimum atomic E-state index is 0.742. The van der Waals surface area contributed by atoms with Gasteiger partial charge in [0.1, 0.15) is 0 Å². The van der Waals surface area contributed by atoms with E-state index < -0.39 is 0 Å². The first-order valence-corrected chi connectivity index (χ1v) is 4.60. The SMILES string of the molecule is C=C(c1ccc(Cl)cc1)C1CC1. The molecule has 0 spiro atoms. The summed E-state index contributed by atoms with van der Waals surface area (Å²) in [4.78, 5) is 0. The van der Waals surface area contributed by atoms with Crippen molar-refractivity contribution in [2.45, 2.75) is 12.8 Å². The van der Waals surface area contributed by atoms with Gasteiger partial charge < -0.3 is 0 Å². The number of benzene rings is 1. The van der Waals surface area contributed by atoms with Crippen LogP contribution in [0.4, 0.5) is 0 Å². The molecular weight excluding hydrogens is 168 g/mol. The van der Waals surface area contributed by atoms with Crippen molar-refractivity contribution < 1.29 is 0 Å². The van der Waals surface area contributed by atoms with E-state index in [1.807, 2.05) is 24.3 Å². The highest BCUT2D eigenvalue weighted by molar-refractivity contribution is 6.30. The molecule has 0 unspecified atom stereocenters. The Kier molecular flexibility index (Phi) is 1.93. The van der Waals surface area contributed by atoms with Gasteiger partial charge in [-0.05, 0) is 42.0 Å². The van der Waals surface area contributed by atoms with Gasteiger partial charge in [-0.2, -0.15) is 0 Å². The largest absolute Gasteiger partial charge is 0.0950 e. The van der Waals surface area contributed by atoms with Crippen molar-refractivity contribution in [3.8, 4) is 0 Å². The van der Waals surface area contributed by atoms with Crippen molar-refractivity contribution in [3.63, 3.8) is 0 Å². The molecule has 1 aromatic rings. The molecule has 2 rings (SSSR count). The van der Waals surface area contributed by atoms with E-state index in [2.05, 4.69) is 6.58 Å². The van der Waals surface area contributed by atoms with Crippen LogP contribution in [0.25, 0.3) is 5.57 Å². The smallest absolute Gasteiger partial charge is 0.0406 e. The molecule has 0 saturated heterocycles. The highest BCUT2D eigenvalue weighted by atomic mass is 35.5. The number of rotatable bonds is 2. The molecule has 0 bridgehead atoms. The van der Waals surface area contributed by atoms with Gasteiger partial charge in [0.25, 0.3) is 0 Å². The number of allylic oxidation sites excluding steroid dienone is 1. The standard InChI is InChI=1S/C11H11Cl/c1-8(9-2-3-9)10-4-6-11(12)7-5-10/h4-7,9H,1-3H2. The topological polar surface area (TPSA) is 0 Å². The van der Waals surface area contributed by atoms with E-state index in [-0.39, 0.29) is 0 Å². The molecule has 0 N–H and O–H groups in total. The molecule has 0 atom stereocenters. The van der Waals surface area contributed by atoms with E-state index in [1.165, 1.54) is 24.0 Å². The van der Waals surface area contributed by atoms with Gasteiger partial charge in [0.2, 0.25) is 0 Å². The molecule has 1 saturated carbocycles. The highest BCUT2D eigenvalue weighted by Gasteiger charge is 2.24. The second-order valence-electron chi connectivity index (χ2n) is 3.31. The summed E-state index contributed by atoms with van der Waals surface area (Å²) in [5.74, 6) is 0.742. The molecule has 1 aliphatic rings. The Labute approximate surface area is 77.9 Å². The van der Waals surface area contributed by atoms with Crippen molar-refractivity contribution in [2.24, 2.45) is 5.92 Å². The Morgan fingerprint density at radius 3 is 2.33 bits per heavy atom. The second-order valence-corrected chi connectivity index (χ2v) is 3.74. The fourth-order valence-electron chi connectivity index (χ4n) is 1.33. The van der Waals surface area contributed by atoms with Gasteiger partial charge in [-0.3, -0.25) is 0 Å². The molecule has 62 valence electrons. The lowest BCUT2D eigenvalue weighted by molar-refractivity contribution is 1.15. The van der Waals surface area contributed by atoms with E-state index in [9.17, 15) is 0 Å². The zero-order chi connectivity index (χ0) is 8.55. The van der Waals surface area contributed by atoms with Crippen molar-refractivity contribution in [2.75, 3.05) is 0 Å². The van der Waals surface area contributed by atoms with Crippen LogP contribution in [0.15, 0.2) is 30.8 Å². The predicted molar refractivity (Wildman–Crippen MR) is 53.2 cm³/mol. The normalized spacial score (nSPS) is 16.1. The highest BCUT2D eigenvalue weighted by Crippen LogP contribution is 2.40. The lowest BCUT2D eigenvalue weighted by atomic mass is 10.0. The van der Waals surface area contributed by atoms with Crippen LogP contribution in [0.1, 0.15) is 18.4 Å². The van der Waals surface area contributed by atoms with Gasteiger partial charge >= 0.3 is 0 Å². The quantitative estimate of drug-likeness (QED) is 0.647. The Morgan fingerprint density at radius 2 is 1.83 bits per heavy atom. The third-order valence-electron chi connectivity index (χ3n) is 2.29. The van der Waals surface area contributed by atoms with E-state index in [4.69, 9.17) is 11.6 Å². The van der Waals surface area contributed by atoms with Crippen molar-refractivity contribution in [1.82, 2.24) is 0 Å². The molecule has 1 fully saturated rings. The summed E-state index contributed by atoms with van der Waals surface area (Å²) in [7, 11) is 0. The number of hydrogen-bond donors (Lipinski definition) is 0. The second kappa shape index (κ2) is 2.95. The van der Waals surface area contributed by atoms with Crippen LogP contribution in [0, 0.1) is 5.92 Å². The van der Waals surface area contributed by atoms with Gasteiger partial charge in [-0.1, -0.05) is 30.3 Å². The zero-order valence-corrected chi connectivity index (χ0v) is 7.64.